The van der Waals surface area contributed by atoms with Crippen LogP contribution in [0.3, 0.4) is 0 Å². The van der Waals surface area contributed by atoms with Crippen LogP contribution in [-0.4, -0.2) is 35.2 Å². The number of halogens is 1. The lowest BCUT2D eigenvalue weighted by Gasteiger charge is -2.10. The Morgan fingerprint density at radius 2 is 2.20 bits per heavy atom. The average molecular weight is 313 g/mol. The Morgan fingerprint density at radius 3 is 2.85 bits per heavy atom. The maximum absolute atomic E-state index is 11.6. The van der Waals surface area contributed by atoms with Crippen LogP contribution in [0.25, 0.3) is 0 Å². The molecule has 0 atom stereocenters. The summed E-state index contributed by atoms with van der Waals surface area (Å²) in [6.07, 6.45) is 5.09. The number of carboxylic acids is 1. The van der Waals surface area contributed by atoms with Crippen LogP contribution in [0.5, 0.6) is 0 Å². The highest BCUT2D eigenvalue weighted by molar-refractivity contribution is 7.99. The molecule has 0 aliphatic rings. The summed E-state index contributed by atoms with van der Waals surface area (Å²) in [5.41, 5.74) is 0.130. The van der Waals surface area contributed by atoms with Crippen LogP contribution in [0, 0.1) is 12.3 Å². The minimum absolute atomic E-state index is 0.0220. The van der Waals surface area contributed by atoms with Gasteiger partial charge in [0, 0.05) is 17.3 Å². The van der Waals surface area contributed by atoms with E-state index in [1.165, 1.54) is 30.0 Å². The molecule has 3 N–H and O–H groups in total. The molecule has 0 radical (unpaired) electrons. The third kappa shape index (κ3) is 5.43. The lowest BCUT2D eigenvalue weighted by Crippen LogP contribution is -2.31. The molecule has 0 aliphatic carbocycles. The number of rotatable bonds is 6. The van der Waals surface area contributed by atoms with Crippen LogP contribution >= 0.6 is 23.4 Å². The summed E-state index contributed by atoms with van der Waals surface area (Å²) in [5.74, 6) is 2.60. The summed E-state index contributed by atoms with van der Waals surface area (Å²) in [6, 6.07) is 3.68. The second-order valence-electron chi connectivity index (χ2n) is 3.63. The van der Waals surface area contributed by atoms with Crippen molar-refractivity contribution in [2.75, 3.05) is 23.4 Å². The van der Waals surface area contributed by atoms with Crippen LogP contribution in [0.2, 0.25) is 5.02 Å². The first kappa shape index (κ1) is 16.2. The molecule has 106 valence electrons. The first-order valence-electron chi connectivity index (χ1n) is 5.63. The smallest absolute Gasteiger partial charge is 0.337 e. The predicted octanol–water partition coefficient (Wildman–Crippen LogP) is 2.53. The van der Waals surface area contributed by atoms with E-state index in [0.717, 1.165) is 0 Å². The van der Waals surface area contributed by atoms with E-state index in [1.54, 1.807) is 0 Å². The fourth-order valence-corrected chi connectivity index (χ4v) is 2.02. The zero-order valence-electron chi connectivity index (χ0n) is 10.5. The van der Waals surface area contributed by atoms with Gasteiger partial charge in [-0.1, -0.05) is 17.5 Å². The van der Waals surface area contributed by atoms with Crippen molar-refractivity contribution >= 4 is 41.1 Å². The molecular formula is C13H13ClN2O3S. The van der Waals surface area contributed by atoms with Crippen LogP contribution in [0.1, 0.15) is 10.4 Å². The van der Waals surface area contributed by atoms with Gasteiger partial charge in [-0.25, -0.2) is 9.59 Å². The molecule has 1 rings (SSSR count). The first-order valence-corrected chi connectivity index (χ1v) is 7.16. The maximum Gasteiger partial charge on any atom is 0.337 e. The van der Waals surface area contributed by atoms with Crippen molar-refractivity contribution in [3.63, 3.8) is 0 Å². The Balaban J connectivity index is 2.55. The lowest BCUT2D eigenvalue weighted by atomic mass is 10.2. The number of carbonyl (C=O) groups excluding carboxylic acids is 1. The first-order chi connectivity index (χ1) is 9.54. The number of terminal acetylenes is 1. The number of urea groups is 1. The number of amides is 2. The van der Waals surface area contributed by atoms with E-state index < -0.39 is 12.0 Å². The summed E-state index contributed by atoms with van der Waals surface area (Å²) in [5, 5.41) is 14.4. The van der Waals surface area contributed by atoms with Gasteiger partial charge < -0.3 is 15.7 Å². The van der Waals surface area contributed by atoms with E-state index in [0.29, 0.717) is 23.1 Å². The van der Waals surface area contributed by atoms with E-state index >= 15 is 0 Å². The number of carbonyl (C=O) groups is 2. The number of hydrogen-bond acceptors (Lipinski definition) is 3. The molecule has 0 saturated heterocycles. The third-order valence-corrected chi connectivity index (χ3v) is 3.28. The molecule has 0 spiro atoms. The van der Waals surface area contributed by atoms with Crippen molar-refractivity contribution in [1.29, 1.82) is 0 Å². The SMILES string of the molecule is C#CCSCCNC(=O)Nc1cc(Cl)ccc1C(=O)O. The summed E-state index contributed by atoms with van der Waals surface area (Å²) < 4.78 is 0. The second-order valence-corrected chi connectivity index (χ2v) is 5.17. The molecule has 1 aromatic rings. The quantitative estimate of drug-likeness (QED) is 0.557. The number of benzene rings is 1. The third-order valence-electron chi connectivity index (χ3n) is 2.18. The van der Waals surface area contributed by atoms with Gasteiger partial charge in [-0.3, -0.25) is 0 Å². The monoisotopic (exact) mass is 312 g/mol. The van der Waals surface area contributed by atoms with Crippen molar-refractivity contribution in [3.05, 3.63) is 28.8 Å². The summed E-state index contributed by atoms with van der Waals surface area (Å²) in [4.78, 5) is 22.6. The molecular weight excluding hydrogens is 300 g/mol. The van der Waals surface area contributed by atoms with Gasteiger partial charge in [-0.15, -0.1) is 18.2 Å². The molecule has 0 aliphatic heterocycles. The van der Waals surface area contributed by atoms with E-state index in [4.69, 9.17) is 23.1 Å². The van der Waals surface area contributed by atoms with Gasteiger partial charge in [-0.05, 0) is 18.2 Å². The van der Waals surface area contributed by atoms with Crippen LogP contribution in [-0.2, 0) is 0 Å². The highest BCUT2D eigenvalue weighted by atomic mass is 35.5. The average Bonchev–Trinajstić information content (AvgIpc) is 2.38. The topological polar surface area (TPSA) is 78.4 Å². The zero-order valence-corrected chi connectivity index (χ0v) is 12.1. The van der Waals surface area contributed by atoms with Gasteiger partial charge >= 0.3 is 12.0 Å². The lowest BCUT2D eigenvalue weighted by molar-refractivity contribution is 0.0698. The number of hydrogen-bond donors (Lipinski definition) is 3. The minimum Gasteiger partial charge on any atom is -0.478 e. The molecule has 0 heterocycles. The maximum atomic E-state index is 11.6. The highest BCUT2D eigenvalue weighted by Crippen LogP contribution is 2.21. The second kappa shape index (κ2) is 8.35. The van der Waals surface area contributed by atoms with E-state index in [2.05, 4.69) is 16.6 Å². The molecule has 0 fully saturated rings. The number of nitrogens with one attached hydrogen (secondary N) is 2. The fraction of sp³-hybridized carbons (Fsp3) is 0.231. The van der Waals surface area contributed by atoms with Crippen LogP contribution in [0.15, 0.2) is 18.2 Å². The standard InChI is InChI=1S/C13H13ClN2O3S/c1-2-6-20-7-5-15-13(19)16-11-8-9(14)3-4-10(11)12(17)18/h1,3-4,8H,5-7H2,(H,17,18)(H2,15,16,19). The van der Waals surface area contributed by atoms with Crippen molar-refractivity contribution in [2.24, 2.45) is 0 Å². The molecule has 0 saturated carbocycles. The predicted molar refractivity (Wildman–Crippen MR) is 81.6 cm³/mol. The van der Waals surface area contributed by atoms with Gasteiger partial charge in [0.05, 0.1) is 17.0 Å². The Kier molecular flexibility index (Phi) is 6.77. The zero-order chi connectivity index (χ0) is 15.0. The van der Waals surface area contributed by atoms with Crippen molar-refractivity contribution < 1.29 is 14.7 Å². The summed E-state index contributed by atoms with van der Waals surface area (Å²) in [7, 11) is 0. The van der Waals surface area contributed by atoms with Crippen molar-refractivity contribution in [1.82, 2.24) is 5.32 Å². The van der Waals surface area contributed by atoms with Crippen LogP contribution < -0.4 is 10.6 Å². The molecule has 1 aromatic carbocycles. The molecule has 2 amide bonds. The largest absolute Gasteiger partial charge is 0.478 e. The van der Waals surface area contributed by atoms with Crippen LogP contribution in [0.4, 0.5) is 10.5 Å². The molecule has 0 aromatic heterocycles. The number of thioether (sulfide) groups is 1. The summed E-state index contributed by atoms with van der Waals surface area (Å²) >= 11 is 7.30. The van der Waals surface area contributed by atoms with E-state index in [1.807, 2.05) is 0 Å². The Labute approximate surface area is 126 Å². The van der Waals surface area contributed by atoms with Crippen molar-refractivity contribution in [3.8, 4) is 12.3 Å². The molecule has 20 heavy (non-hydrogen) atoms. The Bertz CT molecular complexity index is 543. The molecule has 5 nitrogen and oxygen atoms in total. The highest BCUT2D eigenvalue weighted by Gasteiger charge is 2.12. The van der Waals surface area contributed by atoms with Gasteiger partial charge in [-0.2, -0.15) is 0 Å². The number of aromatic carboxylic acids is 1. The van der Waals surface area contributed by atoms with E-state index in [9.17, 15) is 9.59 Å². The minimum atomic E-state index is -1.14. The van der Waals surface area contributed by atoms with Gasteiger partial charge in [0.1, 0.15) is 0 Å². The number of anilines is 1. The van der Waals surface area contributed by atoms with Gasteiger partial charge in [0.15, 0.2) is 0 Å². The van der Waals surface area contributed by atoms with Crippen molar-refractivity contribution in [2.45, 2.75) is 0 Å². The molecule has 7 heteroatoms. The summed E-state index contributed by atoms with van der Waals surface area (Å²) in [6.45, 7) is 0.432. The van der Waals surface area contributed by atoms with Gasteiger partial charge in [0.25, 0.3) is 0 Å². The molecule has 0 unspecified atom stereocenters. The van der Waals surface area contributed by atoms with Gasteiger partial charge in [0.2, 0.25) is 0 Å². The normalized spacial score (nSPS) is 9.60. The fourth-order valence-electron chi connectivity index (χ4n) is 1.34. The number of carboxylic acid groups (broad SMARTS) is 1. The Hall–Kier alpha value is -1.84. The molecule has 0 bridgehead atoms. The van der Waals surface area contributed by atoms with E-state index in [-0.39, 0.29) is 11.3 Å². The Morgan fingerprint density at radius 1 is 1.45 bits per heavy atom.